The first-order valence-electron chi connectivity index (χ1n) is 7.12. The monoisotopic (exact) mass is 304 g/mol. The molecule has 0 radical (unpaired) electrons. The Labute approximate surface area is 133 Å². The molecule has 0 atom stereocenters. The van der Waals surface area contributed by atoms with E-state index in [2.05, 4.69) is 22.8 Å². The molecule has 2 nitrogen and oxygen atoms in total. The van der Waals surface area contributed by atoms with E-state index in [1.807, 2.05) is 60.7 Å². The number of fused-ring (bicyclic) bond motifs is 1. The lowest BCUT2D eigenvalue weighted by Crippen LogP contribution is -1.97. The average molecular weight is 305 g/mol. The van der Waals surface area contributed by atoms with Crippen LogP contribution in [0, 0.1) is 0 Å². The van der Waals surface area contributed by atoms with E-state index in [1.54, 1.807) is 0 Å². The van der Waals surface area contributed by atoms with Crippen molar-refractivity contribution in [2.45, 2.75) is 0 Å². The van der Waals surface area contributed by atoms with Gasteiger partial charge in [-0.05, 0) is 36.4 Å². The van der Waals surface area contributed by atoms with Crippen molar-refractivity contribution < 1.29 is 0 Å². The van der Waals surface area contributed by atoms with E-state index in [4.69, 9.17) is 16.6 Å². The number of halogens is 1. The number of rotatable bonds is 2. The van der Waals surface area contributed by atoms with Gasteiger partial charge in [0.2, 0.25) is 0 Å². The molecule has 0 saturated heterocycles. The lowest BCUT2D eigenvalue weighted by Gasteiger charge is -2.09. The maximum absolute atomic E-state index is 6.15. The normalized spacial score (nSPS) is 11.0. The molecule has 0 unspecified atom stereocenters. The van der Waals surface area contributed by atoms with Gasteiger partial charge in [0.15, 0.2) is 0 Å². The summed E-state index contributed by atoms with van der Waals surface area (Å²) < 4.78 is 2.17. The van der Waals surface area contributed by atoms with Crippen molar-refractivity contribution in [1.82, 2.24) is 9.55 Å². The molecule has 0 aliphatic heterocycles. The summed E-state index contributed by atoms with van der Waals surface area (Å²) in [7, 11) is 0. The van der Waals surface area contributed by atoms with Gasteiger partial charge < -0.3 is 0 Å². The maximum atomic E-state index is 6.15. The van der Waals surface area contributed by atoms with Gasteiger partial charge >= 0.3 is 0 Å². The fourth-order valence-electron chi connectivity index (χ4n) is 2.69. The number of nitrogens with zero attached hydrogens (tertiary/aromatic N) is 2. The molecule has 1 heterocycles. The van der Waals surface area contributed by atoms with E-state index >= 15 is 0 Å². The van der Waals surface area contributed by atoms with E-state index in [0.717, 1.165) is 28.1 Å². The molecule has 106 valence electrons. The fraction of sp³-hybridized carbons (Fsp3) is 0. The van der Waals surface area contributed by atoms with E-state index in [0.29, 0.717) is 5.02 Å². The molecule has 0 aliphatic carbocycles. The highest BCUT2D eigenvalue weighted by molar-refractivity contribution is 6.30. The van der Waals surface area contributed by atoms with Crippen molar-refractivity contribution in [1.29, 1.82) is 0 Å². The lowest BCUT2D eigenvalue weighted by atomic mass is 10.2. The summed E-state index contributed by atoms with van der Waals surface area (Å²) in [6, 6.07) is 26.2. The van der Waals surface area contributed by atoms with Crippen LogP contribution < -0.4 is 0 Å². The van der Waals surface area contributed by atoms with Crippen molar-refractivity contribution in [3.05, 3.63) is 83.9 Å². The minimum absolute atomic E-state index is 0.712. The standard InChI is InChI=1S/C19H13ClN2/c20-15-8-6-7-14(13-15)19-21-17-11-4-5-12-18(17)22(19)16-9-2-1-3-10-16/h1-13H. The van der Waals surface area contributed by atoms with Crippen LogP contribution in [-0.2, 0) is 0 Å². The molecule has 1 aromatic heterocycles. The number of benzene rings is 3. The first-order chi connectivity index (χ1) is 10.8. The zero-order valence-electron chi connectivity index (χ0n) is 11.8. The number of aromatic nitrogens is 2. The average Bonchev–Trinajstić information content (AvgIpc) is 2.95. The number of hydrogen-bond acceptors (Lipinski definition) is 1. The second kappa shape index (κ2) is 5.32. The van der Waals surface area contributed by atoms with Gasteiger partial charge in [-0.2, -0.15) is 0 Å². The van der Waals surface area contributed by atoms with Gasteiger partial charge in [-0.1, -0.05) is 54.1 Å². The summed E-state index contributed by atoms with van der Waals surface area (Å²) in [5, 5.41) is 0.712. The van der Waals surface area contributed by atoms with E-state index in [-0.39, 0.29) is 0 Å². The van der Waals surface area contributed by atoms with Crippen LogP contribution in [0.5, 0.6) is 0 Å². The number of para-hydroxylation sites is 3. The molecule has 0 amide bonds. The van der Waals surface area contributed by atoms with Gasteiger partial charge in [0, 0.05) is 16.3 Å². The quantitative estimate of drug-likeness (QED) is 0.488. The summed E-state index contributed by atoms with van der Waals surface area (Å²) in [6.07, 6.45) is 0. The van der Waals surface area contributed by atoms with Crippen LogP contribution in [-0.4, -0.2) is 9.55 Å². The first-order valence-corrected chi connectivity index (χ1v) is 7.49. The van der Waals surface area contributed by atoms with Gasteiger partial charge in [0.1, 0.15) is 5.82 Å². The third kappa shape index (κ3) is 2.18. The predicted octanol–water partition coefficient (Wildman–Crippen LogP) is 5.35. The van der Waals surface area contributed by atoms with Gasteiger partial charge in [-0.15, -0.1) is 0 Å². The molecule has 0 N–H and O–H groups in total. The van der Waals surface area contributed by atoms with Crippen LogP contribution in [0.4, 0.5) is 0 Å². The van der Waals surface area contributed by atoms with E-state index < -0.39 is 0 Å². The molecule has 4 rings (SSSR count). The molecule has 0 aliphatic rings. The second-order valence-electron chi connectivity index (χ2n) is 5.11. The van der Waals surface area contributed by atoms with Crippen LogP contribution in [0.2, 0.25) is 5.02 Å². The summed E-state index contributed by atoms with van der Waals surface area (Å²) >= 11 is 6.15. The third-order valence-corrected chi connectivity index (χ3v) is 3.89. The predicted molar refractivity (Wildman–Crippen MR) is 91.5 cm³/mol. The molecule has 0 spiro atoms. The van der Waals surface area contributed by atoms with Crippen LogP contribution in [0.1, 0.15) is 0 Å². The first kappa shape index (κ1) is 13.1. The van der Waals surface area contributed by atoms with Crippen molar-refractivity contribution in [3.63, 3.8) is 0 Å². The highest BCUT2D eigenvalue weighted by atomic mass is 35.5. The molecule has 0 fully saturated rings. The van der Waals surface area contributed by atoms with Crippen molar-refractivity contribution in [2.24, 2.45) is 0 Å². The summed E-state index contributed by atoms with van der Waals surface area (Å²) in [5.41, 5.74) is 4.16. The highest BCUT2D eigenvalue weighted by Gasteiger charge is 2.13. The van der Waals surface area contributed by atoms with Crippen molar-refractivity contribution in [3.8, 4) is 17.1 Å². The number of imidazole rings is 1. The Morgan fingerprint density at radius 2 is 1.55 bits per heavy atom. The zero-order chi connectivity index (χ0) is 14.9. The molecular weight excluding hydrogens is 292 g/mol. The third-order valence-electron chi connectivity index (χ3n) is 3.66. The molecule has 3 aromatic carbocycles. The van der Waals surface area contributed by atoms with Crippen molar-refractivity contribution in [2.75, 3.05) is 0 Å². The number of hydrogen-bond donors (Lipinski definition) is 0. The Hall–Kier alpha value is -2.58. The summed E-state index contributed by atoms with van der Waals surface area (Å²) in [5.74, 6) is 0.898. The van der Waals surface area contributed by atoms with Gasteiger partial charge in [-0.25, -0.2) is 4.98 Å². The molecule has 0 bridgehead atoms. The van der Waals surface area contributed by atoms with E-state index in [9.17, 15) is 0 Å². The Kier molecular flexibility index (Phi) is 3.17. The SMILES string of the molecule is Clc1cccc(-c2nc3ccccc3n2-c2ccccc2)c1. The Morgan fingerprint density at radius 3 is 2.36 bits per heavy atom. The molecule has 4 aromatic rings. The van der Waals surface area contributed by atoms with Gasteiger partial charge in [-0.3, -0.25) is 4.57 Å². The van der Waals surface area contributed by atoms with Gasteiger partial charge in [0.25, 0.3) is 0 Å². The topological polar surface area (TPSA) is 17.8 Å². The largest absolute Gasteiger partial charge is 0.292 e. The Morgan fingerprint density at radius 1 is 0.773 bits per heavy atom. The van der Waals surface area contributed by atoms with Gasteiger partial charge in [0.05, 0.1) is 11.0 Å². The van der Waals surface area contributed by atoms with Crippen LogP contribution in [0.3, 0.4) is 0 Å². The van der Waals surface area contributed by atoms with Crippen molar-refractivity contribution >= 4 is 22.6 Å². The molecular formula is C19H13ClN2. The van der Waals surface area contributed by atoms with Crippen LogP contribution in [0.15, 0.2) is 78.9 Å². The second-order valence-corrected chi connectivity index (χ2v) is 5.54. The minimum Gasteiger partial charge on any atom is -0.292 e. The highest BCUT2D eigenvalue weighted by Crippen LogP contribution is 2.29. The molecule has 0 saturated carbocycles. The molecule has 22 heavy (non-hydrogen) atoms. The van der Waals surface area contributed by atoms with Crippen LogP contribution >= 0.6 is 11.6 Å². The molecule has 3 heteroatoms. The summed E-state index contributed by atoms with van der Waals surface area (Å²) in [6.45, 7) is 0. The zero-order valence-corrected chi connectivity index (χ0v) is 12.5. The Balaban J connectivity index is 2.06. The summed E-state index contributed by atoms with van der Waals surface area (Å²) in [4.78, 5) is 4.80. The van der Waals surface area contributed by atoms with Crippen LogP contribution in [0.25, 0.3) is 28.1 Å². The Bertz CT molecular complexity index is 942. The lowest BCUT2D eigenvalue weighted by molar-refractivity contribution is 1.10. The minimum atomic E-state index is 0.712. The smallest absolute Gasteiger partial charge is 0.145 e. The maximum Gasteiger partial charge on any atom is 0.145 e. The fourth-order valence-corrected chi connectivity index (χ4v) is 2.88. The van der Waals surface area contributed by atoms with E-state index in [1.165, 1.54) is 0 Å².